The molecule has 0 unspecified atom stereocenters. The van der Waals surface area contributed by atoms with Crippen molar-refractivity contribution in [3.05, 3.63) is 52.8 Å². The first-order valence-electron chi connectivity index (χ1n) is 9.66. The van der Waals surface area contributed by atoms with Gasteiger partial charge < -0.3 is 26.8 Å². The molecule has 0 saturated carbocycles. The van der Waals surface area contributed by atoms with Crippen LogP contribution in [0.1, 0.15) is 31.3 Å². The third-order valence-corrected chi connectivity index (χ3v) is 4.88. The van der Waals surface area contributed by atoms with Crippen molar-refractivity contribution in [3.8, 4) is 0 Å². The Hall–Kier alpha value is -3.86. The van der Waals surface area contributed by atoms with Crippen LogP contribution in [0.2, 0.25) is 5.02 Å². The largest absolute Gasteiger partial charge is 0.495 e. The van der Waals surface area contributed by atoms with Gasteiger partial charge in [-0.15, -0.1) is 10.2 Å². The lowest BCUT2D eigenvalue weighted by molar-refractivity contribution is 0.0995. The molecule has 12 heteroatoms. The van der Waals surface area contributed by atoms with Crippen molar-refractivity contribution in [1.82, 2.24) is 25.0 Å². The molecule has 1 aliphatic rings. The number of rotatable bonds is 5. The first-order valence-corrected chi connectivity index (χ1v) is 10.0. The van der Waals surface area contributed by atoms with E-state index < -0.39 is 5.91 Å². The molecule has 4 rings (SSSR count). The van der Waals surface area contributed by atoms with E-state index in [4.69, 9.17) is 27.8 Å². The number of benzene rings is 1. The predicted molar refractivity (Wildman–Crippen MR) is 121 cm³/mol. The number of halogens is 1. The summed E-state index contributed by atoms with van der Waals surface area (Å²) in [5.74, 6) is -0.546. The zero-order chi connectivity index (χ0) is 23.0. The highest BCUT2D eigenvalue weighted by molar-refractivity contribution is 6.35. The van der Waals surface area contributed by atoms with E-state index in [1.807, 2.05) is 37.7 Å². The van der Waals surface area contributed by atoms with Gasteiger partial charge in [0.05, 0.1) is 28.2 Å². The van der Waals surface area contributed by atoms with Gasteiger partial charge in [-0.25, -0.2) is 0 Å². The summed E-state index contributed by atoms with van der Waals surface area (Å²) in [6.45, 7) is 6.36. The second-order valence-electron chi connectivity index (χ2n) is 8.14. The fraction of sp³-hybridized carbons (Fsp3) is 0.250. The highest BCUT2D eigenvalue weighted by Gasteiger charge is 2.19. The molecule has 11 nitrogen and oxygen atoms in total. The Morgan fingerprint density at radius 1 is 1.25 bits per heavy atom. The van der Waals surface area contributed by atoms with Crippen molar-refractivity contribution in [3.63, 3.8) is 0 Å². The Morgan fingerprint density at radius 2 is 2.03 bits per heavy atom. The highest BCUT2D eigenvalue weighted by atomic mass is 35.5. The van der Waals surface area contributed by atoms with E-state index in [1.54, 1.807) is 12.1 Å². The summed E-state index contributed by atoms with van der Waals surface area (Å²) in [5.41, 5.74) is 13.3. The molecule has 1 aliphatic heterocycles. The molecular weight excluding hydrogens is 434 g/mol. The predicted octanol–water partition coefficient (Wildman–Crippen LogP) is 2.60. The molecule has 0 atom stereocenters. The Balaban J connectivity index is 1.70. The number of ether oxygens (including phenoxy) is 1. The van der Waals surface area contributed by atoms with Gasteiger partial charge in [0.25, 0.3) is 5.91 Å². The lowest BCUT2D eigenvalue weighted by atomic mass is 10.1. The molecule has 0 saturated heterocycles. The van der Waals surface area contributed by atoms with Crippen molar-refractivity contribution < 1.29 is 9.53 Å². The zero-order valence-corrected chi connectivity index (χ0v) is 18.4. The number of hydrogen-bond acceptors (Lipinski definition) is 9. The van der Waals surface area contributed by atoms with Crippen LogP contribution in [0.3, 0.4) is 0 Å². The number of primary amides is 1. The molecule has 0 radical (unpaired) electrons. The summed E-state index contributed by atoms with van der Waals surface area (Å²) in [6, 6.07) is 3.53. The molecule has 166 valence electrons. The van der Waals surface area contributed by atoms with E-state index >= 15 is 0 Å². The summed E-state index contributed by atoms with van der Waals surface area (Å²) in [6.07, 6.45) is 5.04. The molecule has 1 aromatic carbocycles. The maximum atomic E-state index is 11.9. The minimum absolute atomic E-state index is 0.115. The van der Waals surface area contributed by atoms with Gasteiger partial charge in [-0.3, -0.25) is 9.48 Å². The van der Waals surface area contributed by atoms with Gasteiger partial charge in [0.15, 0.2) is 11.5 Å². The minimum Gasteiger partial charge on any atom is -0.495 e. The van der Waals surface area contributed by atoms with Crippen LogP contribution >= 0.6 is 11.6 Å². The maximum Gasteiger partial charge on any atom is 0.273 e. The van der Waals surface area contributed by atoms with Crippen LogP contribution in [-0.2, 0) is 10.3 Å². The fourth-order valence-electron chi connectivity index (χ4n) is 2.96. The molecule has 2 aromatic heterocycles. The fourth-order valence-corrected chi connectivity index (χ4v) is 3.22. The number of hydrogen-bond donors (Lipinski definition) is 4. The van der Waals surface area contributed by atoms with Crippen molar-refractivity contribution in [1.29, 1.82) is 0 Å². The van der Waals surface area contributed by atoms with Gasteiger partial charge in [-0.2, -0.15) is 10.1 Å². The third kappa shape index (κ3) is 4.28. The van der Waals surface area contributed by atoms with Crippen LogP contribution in [0.4, 0.5) is 17.5 Å². The summed E-state index contributed by atoms with van der Waals surface area (Å²) >= 11 is 6.46. The van der Waals surface area contributed by atoms with Gasteiger partial charge >= 0.3 is 0 Å². The molecule has 3 aromatic rings. The summed E-state index contributed by atoms with van der Waals surface area (Å²) in [5, 5.41) is 19.7. The lowest BCUT2D eigenvalue weighted by Gasteiger charge is -2.18. The molecule has 0 bridgehead atoms. The number of nitrogens with zero attached hydrogens (tertiary/aromatic N) is 5. The van der Waals surface area contributed by atoms with Gasteiger partial charge in [0.2, 0.25) is 5.95 Å². The number of fused-ring (bicyclic) bond motifs is 1. The van der Waals surface area contributed by atoms with E-state index in [9.17, 15) is 4.79 Å². The Bertz CT molecular complexity index is 1270. The van der Waals surface area contributed by atoms with Crippen LogP contribution in [0.5, 0.6) is 0 Å². The third-order valence-electron chi connectivity index (χ3n) is 4.59. The van der Waals surface area contributed by atoms with E-state index in [2.05, 4.69) is 30.9 Å². The molecule has 0 spiro atoms. The van der Waals surface area contributed by atoms with Crippen molar-refractivity contribution in [2.75, 3.05) is 17.2 Å². The number of carbonyl (C=O) groups excluding carboxylic acids is 1. The average molecular weight is 456 g/mol. The number of nitrogens with two attached hydrogens (primary N) is 2. The first-order chi connectivity index (χ1) is 15.1. The second kappa shape index (κ2) is 8.00. The quantitative estimate of drug-likeness (QED) is 0.453. The Morgan fingerprint density at radius 3 is 2.72 bits per heavy atom. The lowest BCUT2D eigenvalue weighted by Crippen LogP contribution is -2.21. The number of amides is 1. The topological polar surface area (TPSA) is 159 Å². The Labute approximate surface area is 188 Å². The van der Waals surface area contributed by atoms with Crippen molar-refractivity contribution >= 4 is 45.9 Å². The highest BCUT2D eigenvalue weighted by Crippen LogP contribution is 2.30. The van der Waals surface area contributed by atoms with Crippen LogP contribution < -0.4 is 22.1 Å². The van der Waals surface area contributed by atoms with Crippen LogP contribution in [-0.4, -0.2) is 37.5 Å². The molecule has 32 heavy (non-hydrogen) atoms. The van der Waals surface area contributed by atoms with Crippen molar-refractivity contribution in [2.45, 2.75) is 26.3 Å². The molecule has 6 N–H and O–H groups in total. The summed E-state index contributed by atoms with van der Waals surface area (Å²) in [7, 11) is 0. The number of nitrogens with one attached hydrogen (secondary N) is 2. The summed E-state index contributed by atoms with van der Waals surface area (Å²) < 4.78 is 6.96. The monoisotopic (exact) mass is 455 g/mol. The van der Waals surface area contributed by atoms with E-state index in [0.29, 0.717) is 27.6 Å². The number of allylic oxidation sites excluding steroid dienone is 1. The van der Waals surface area contributed by atoms with E-state index in [-0.39, 0.29) is 29.6 Å². The number of carbonyl (C=O) groups is 1. The van der Waals surface area contributed by atoms with Gasteiger partial charge in [0, 0.05) is 17.3 Å². The molecular formula is C20H22ClN9O2. The first kappa shape index (κ1) is 21.4. The zero-order valence-electron chi connectivity index (χ0n) is 17.7. The maximum absolute atomic E-state index is 11.9. The Kier molecular flexibility index (Phi) is 5.35. The average Bonchev–Trinajstić information content (AvgIpc) is 3.15. The smallest absolute Gasteiger partial charge is 0.273 e. The van der Waals surface area contributed by atoms with Crippen LogP contribution in [0, 0.1) is 0 Å². The molecule has 3 heterocycles. The molecule has 0 aliphatic carbocycles. The molecule has 1 amide bonds. The number of anilines is 3. The van der Waals surface area contributed by atoms with Crippen LogP contribution in [0.15, 0.2) is 42.1 Å². The normalized spacial score (nSPS) is 13.9. The minimum atomic E-state index is -0.781. The standard InChI is InChI=1S/C20H22ClN9O2/c1-20(2,3)30-8-10-6-11(7-12(21)15(10)29-30)24-18-16(17(23)31)27-28-19(26-18)25-14-4-5-32-9-13(14)22/h4-8H,9,22H2,1-3H3,(H2,23,31)(H2,24,25,26,28). The van der Waals surface area contributed by atoms with E-state index in [1.165, 1.54) is 6.26 Å². The van der Waals surface area contributed by atoms with Gasteiger partial charge in [-0.05, 0) is 39.0 Å². The van der Waals surface area contributed by atoms with Gasteiger partial charge in [0.1, 0.15) is 12.1 Å². The number of aromatic nitrogens is 5. The molecule has 0 fully saturated rings. The summed E-state index contributed by atoms with van der Waals surface area (Å²) in [4.78, 5) is 16.2. The van der Waals surface area contributed by atoms with Gasteiger partial charge in [-0.1, -0.05) is 11.6 Å². The second-order valence-corrected chi connectivity index (χ2v) is 8.55. The van der Waals surface area contributed by atoms with Crippen molar-refractivity contribution in [2.24, 2.45) is 11.5 Å². The van der Waals surface area contributed by atoms with Crippen LogP contribution in [0.25, 0.3) is 10.9 Å². The SMILES string of the molecule is CC(C)(C)n1cc2cc(Nc3nc(NC4=C(N)COC=C4)nnc3C(N)=O)cc(Cl)c2n1. The van der Waals surface area contributed by atoms with E-state index in [0.717, 1.165) is 5.39 Å².